The summed E-state index contributed by atoms with van der Waals surface area (Å²) in [5, 5.41) is 9.74. The van der Waals surface area contributed by atoms with Gasteiger partial charge in [0.1, 0.15) is 11.6 Å². The number of nitrogens with zero attached hydrogens (tertiary/aromatic N) is 1. The van der Waals surface area contributed by atoms with E-state index in [1.807, 2.05) is 12.1 Å². The summed E-state index contributed by atoms with van der Waals surface area (Å²) in [5.41, 5.74) is 3.70. The highest BCUT2D eigenvalue weighted by atomic mass is 27.2. The van der Waals surface area contributed by atoms with Gasteiger partial charge in [-0.3, -0.25) is 0 Å². The Morgan fingerprint density at radius 1 is 0.228 bits per heavy atom. The number of nitrogens with one attached hydrogen (secondary N) is 1. The summed E-state index contributed by atoms with van der Waals surface area (Å²) >= 11 is -11.9. The summed E-state index contributed by atoms with van der Waals surface area (Å²) in [6.45, 7) is 4.60. The van der Waals surface area contributed by atoms with Crippen LogP contribution in [-0.2, 0) is 12.8 Å². The van der Waals surface area contributed by atoms with Crippen LogP contribution in [0.2, 0.25) is 0 Å². The van der Waals surface area contributed by atoms with Crippen molar-refractivity contribution in [2.24, 2.45) is 0 Å². The van der Waals surface area contributed by atoms with Gasteiger partial charge in [0.2, 0.25) is 0 Å². The predicted molar refractivity (Wildman–Crippen MR) is 370 cm³/mol. The van der Waals surface area contributed by atoms with E-state index in [4.69, 9.17) is 4.98 Å². The third-order valence-corrected chi connectivity index (χ3v) is 25.8. The van der Waals surface area contributed by atoms with Crippen LogP contribution in [0.15, 0.2) is 24.3 Å². The molecule has 8 aromatic rings. The molecule has 0 aliphatic rings. The van der Waals surface area contributed by atoms with Crippen LogP contribution in [0.3, 0.4) is 0 Å². The number of unbranched alkanes of at least 4 members (excludes halogenated alkanes) is 28. The van der Waals surface area contributed by atoms with Gasteiger partial charge in [0, 0.05) is 11.3 Å². The molecule has 624 valence electrons. The molecule has 0 saturated heterocycles. The fourth-order valence-electron chi connectivity index (χ4n) is 13.1. The number of phenolic OH excluding ortho intramolecular Hbond substituents is 1. The van der Waals surface area contributed by atoms with Gasteiger partial charge in [-0.05, 0) is 76.5 Å². The first-order valence-corrected chi connectivity index (χ1v) is 40.5. The number of phenols is 1. The maximum absolute atomic E-state index is 14.4. The van der Waals surface area contributed by atoms with Crippen molar-refractivity contribution >= 4 is 54.8 Å². The molecule has 2 N–H and O–H groups in total. The van der Waals surface area contributed by atoms with Gasteiger partial charge in [0.15, 0.2) is 175 Å². The van der Waals surface area contributed by atoms with E-state index in [1.54, 1.807) is 12.1 Å². The molecule has 0 unspecified atom stereocenters. The number of aromatic amines is 1. The highest BCUT2D eigenvalue weighted by molar-refractivity contribution is 6.96. The molecule has 0 spiro atoms. The average molecular weight is 1690 g/mol. The SMILES string of the molecule is CCCCCCCCCCCCCCCCCc1nc(-c2ccc(O)cc2)[nH]c1CCCCCCCCCCCCCCCCC.Fc1c(F)c(F)[c]([Al]([c]2c(F)c(F)c(F)c(F)c2F)[c]2c(F)c(F)c(F)c(F)c2F)c(F)c1F.Fc1c(F)c(F)[c]([Al]([c]2c(F)c(F)c(F)c(F)c2F)[c]2c(F)c(F)c(F)c(F)c2F)c(F)c1F. The molecule has 0 aliphatic carbocycles. The maximum Gasteiger partial charge on any atom is 0.413 e. The van der Waals surface area contributed by atoms with Crippen LogP contribution < -0.4 is 26.6 Å². The Balaban J connectivity index is 0.000000270. The average Bonchev–Trinajstić information content (AvgIpc) is 0.781. The molecule has 0 bridgehead atoms. The molecule has 3 nitrogen and oxygen atoms in total. The number of halogens is 30. The fourth-order valence-corrected chi connectivity index (χ4v) is 19.4. The van der Waals surface area contributed by atoms with Gasteiger partial charge in [0.05, 0.1) is 5.69 Å². The molecule has 8 rings (SSSR count). The first-order chi connectivity index (χ1) is 54.1. The molecule has 0 radical (unpaired) electrons. The normalized spacial score (nSPS) is 11.4. The number of aryl methyl sites for hydroxylation is 2. The van der Waals surface area contributed by atoms with Crippen molar-refractivity contribution in [3.63, 3.8) is 0 Å². The van der Waals surface area contributed by atoms with E-state index < -0.39 is 229 Å². The lowest BCUT2D eigenvalue weighted by molar-refractivity contribution is 0.380. The zero-order valence-electron chi connectivity index (χ0n) is 61.3. The second-order valence-electron chi connectivity index (χ2n) is 27.2. The Morgan fingerprint density at radius 3 is 0.588 bits per heavy atom. The van der Waals surface area contributed by atoms with Gasteiger partial charge in [-0.15, -0.1) is 0 Å². The van der Waals surface area contributed by atoms with E-state index in [-0.39, 0.29) is 0 Å². The van der Waals surface area contributed by atoms with Crippen molar-refractivity contribution in [3.05, 3.63) is 210 Å². The Labute approximate surface area is 645 Å². The smallest absolute Gasteiger partial charge is 0.413 e. The van der Waals surface area contributed by atoms with Gasteiger partial charge in [-0.2, -0.15) is 0 Å². The number of H-pyrrole nitrogens is 1. The minimum atomic E-state index is -5.96. The zero-order chi connectivity index (χ0) is 84.7. The van der Waals surface area contributed by atoms with E-state index in [0.29, 0.717) is 5.75 Å². The first kappa shape index (κ1) is 95.4. The van der Waals surface area contributed by atoms with Crippen molar-refractivity contribution in [3.8, 4) is 17.1 Å². The largest absolute Gasteiger partial charge is 0.508 e. The van der Waals surface area contributed by atoms with E-state index in [0.717, 1.165) is 24.2 Å². The highest BCUT2D eigenvalue weighted by Crippen LogP contribution is 2.30. The molecule has 0 saturated carbocycles. The number of aromatic nitrogens is 2. The molecule has 7 aromatic carbocycles. The van der Waals surface area contributed by atoms with Crippen molar-refractivity contribution in [2.75, 3.05) is 0 Å². The number of aromatic hydroxyl groups is 1. The first-order valence-electron chi connectivity index (χ1n) is 37.0. The molecule has 1 heterocycles. The second kappa shape index (κ2) is 45.3. The summed E-state index contributed by atoms with van der Waals surface area (Å²) < 4.78 is 403. The monoisotopic (exact) mass is 1690 g/mol. The van der Waals surface area contributed by atoms with E-state index >= 15 is 0 Å². The Hall–Kier alpha value is -7.49. The van der Waals surface area contributed by atoms with Crippen LogP contribution in [0, 0.1) is 175 Å². The molecule has 0 fully saturated rings. The summed E-state index contributed by atoms with van der Waals surface area (Å²) in [5.74, 6) is -87.9. The number of hydrogen-bond donors (Lipinski definition) is 2. The van der Waals surface area contributed by atoms with Crippen LogP contribution in [0.25, 0.3) is 11.4 Å². The fraction of sp³-hybridized carbons (Fsp3) is 0.430. The summed E-state index contributed by atoms with van der Waals surface area (Å²) in [7, 11) is 0. The minimum Gasteiger partial charge on any atom is -0.508 e. The summed E-state index contributed by atoms with van der Waals surface area (Å²) in [6, 6.07) is 7.48. The number of imidazole rings is 1. The number of benzene rings is 7. The van der Waals surface area contributed by atoms with Gasteiger partial charge in [-0.25, -0.2) is 137 Å². The minimum absolute atomic E-state index is 0.311. The summed E-state index contributed by atoms with van der Waals surface area (Å²) in [6.07, 6.45) is 44.3. The number of rotatable bonds is 39. The van der Waals surface area contributed by atoms with Crippen LogP contribution >= 0.6 is 0 Å². The molecule has 0 amide bonds. The van der Waals surface area contributed by atoms with Crippen molar-refractivity contribution in [1.29, 1.82) is 0 Å². The van der Waals surface area contributed by atoms with Crippen molar-refractivity contribution < 1.29 is 137 Å². The van der Waals surface area contributed by atoms with E-state index in [1.165, 1.54) is 204 Å². The Kier molecular flexibility index (Phi) is 37.9. The van der Waals surface area contributed by atoms with Gasteiger partial charge >= 0.3 is 28.3 Å². The molecule has 0 aliphatic heterocycles. The molecule has 0 atom stereocenters. The van der Waals surface area contributed by atoms with Crippen LogP contribution in [0.5, 0.6) is 5.75 Å². The predicted octanol–water partition coefficient (Wildman–Crippen LogP) is 23.2. The highest BCUT2D eigenvalue weighted by Gasteiger charge is 2.49. The maximum atomic E-state index is 14.4. The lowest BCUT2D eigenvalue weighted by Gasteiger charge is -2.20. The van der Waals surface area contributed by atoms with Gasteiger partial charge in [-0.1, -0.05) is 194 Å². The Bertz CT molecular complexity index is 3810. The van der Waals surface area contributed by atoms with E-state index in [2.05, 4.69) is 18.8 Å². The van der Waals surface area contributed by atoms with Gasteiger partial charge < -0.3 is 10.1 Å². The lowest BCUT2D eigenvalue weighted by Crippen LogP contribution is -2.60. The molecular formula is C79H76Al2F30N2O. The molecule has 1 aromatic heterocycles. The second-order valence-corrected chi connectivity index (χ2v) is 32.4. The van der Waals surface area contributed by atoms with Crippen molar-refractivity contribution in [1.82, 2.24) is 9.97 Å². The standard InChI is InChI=1S/C43H76N2O.6C6F5.2Al/c1-3-5-7-9-11-13-15-17-19-21-23-25-27-29-31-33-41-42(45-43(44-41)39-35-37-40(46)38-36-39)34-32-30-28-26-24-22-20-18-16-14-12-10-8-6-4-2;6*7-2-1-3(8)5(10)6(11)4(2)9;;/h35-38,46H,3-34H2,1-2H3,(H,44,45);;;;;;;;. The molecule has 35 heteroatoms. The Morgan fingerprint density at radius 2 is 0.395 bits per heavy atom. The summed E-state index contributed by atoms with van der Waals surface area (Å²) in [4.78, 5) is 8.74. The van der Waals surface area contributed by atoms with Crippen LogP contribution in [-0.4, -0.2) is 43.4 Å². The lowest BCUT2D eigenvalue weighted by atomic mass is 10.0. The quantitative estimate of drug-likeness (QED) is 0.0133. The molecule has 114 heavy (non-hydrogen) atoms. The zero-order valence-corrected chi connectivity index (χ0v) is 63.6. The third kappa shape index (κ3) is 23.0. The van der Waals surface area contributed by atoms with Gasteiger partial charge in [0.25, 0.3) is 0 Å². The van der Waals surface area contributed by atoms with Crippen molar-refractivity contribution in [2.45, 2.75) is 219 Å². The van der Waals surface area contributed by atoms with Crippen LogP contribution in [0.4, 0.5) is 132 Å². The number of hydrogen-bond acceptors (Lipinski definition) is 2. The van der Waals surface area contributed by atoms with Crippen LogP contribution in [0.1, 0.15) is 218 Å². The molecular weight excluding hydrogens is 1620 g/mol. The third-order valence-electron chi connectivity index (χ3n) is 19.2. The topological polar surface area (TPSA) is 48.9 Å². The van der Waals surface area contributed by atoms with E-state index in [9.17, 15) is 137 Å².